The first-order valence-electron chi connectivity index (χ1n) is 5.61. The summed E-state index contributed by atoms with van der Waals surface area (Å²) in [6.45, 7) is 6.28. The van der Waals surface area contributed by atoms with Crippen LogP contribution in [0.5, 0.6) is 0 Å². The van der Waals surface area contributed by atoms with Crippen molar-refractivity contribution in [3.05, 3.63) is 11.6 Å². The Morgan fingerprint density at radius 2 is 2.25 bits per heavy atom. The Labute approximate surface area is 96.3 Å². The van der Waals surface area contributed by atoms with Gasteiger partial charge in [0.25, 0.3) is 5.91 Å². The molecule has 1 fully saturated rings. The number of allylic oxidation sites excluding steroid dienone is 1. The van der Waals surface area contributed by atoms with E-state index in [-0.39, 0.29) is 17.9 Å². The van der Waals surface area contributed by atoms with Gasteiger partial charge in [-0.05, 0) is 20.3 Å². The van der Waals surface area contributed by atoms with E-state index < -0.39 is 5.92 Å². The van der Waals surface area contributed by atoms with Gasteiger partial charge in [0.2, 0.25) is 0 Å². The number of methoxy groups -OCH3 is 1. The molecule has 1 atom stereocenters. The van der Waals surface area contributed by atoms with Gasteiger partial charge < -0.3 is 9.64 Å². The number of likely N-dealkylation sites (tertiary alicyclic amines) is 1. The van der Waals surface area contributed by atoms with Gasteiger partial charge in [-0.2, -0.15) is 0 Å². The summed E-state index contributed by atoms with van der Waals surface area (Å²) in [5.74, 6) is -0.775. The molecule has 1 saturated heterocycles. The van der Waals surface area contributed by atoms with Crippen molar-refractivity contribution < 1.29 is 14.3 Å². The maximum Gasteiger partial charge on any atom is 0.315 e. The second-order valence-electron chi connectivity index (χ2n) is 4.19. The standard InChI is InChI=1S/C12H19NO3/c1-5-6-9-10(12(15)16-4)7-13(8(2)3)11(9)14/h6,8,10H,5,7H2,1-4H3/b9-6+. The summed E-state index contributed by atoms with van der Waals surface area (Å²) in [5.41, 5.74) is 0.586. The van der Waals surface area contributed by atoms with Crippen LogP contribution in [0.2, 0.25) is 0 Å². The van der Waals surface area contributed by atoms with Crippen molar-refractivity contribution in [3.8, 4) is 0 Å². The van der Waals surface area contributed by atoms with Crippen LogP contribution in [0.25, 0.3) is 0 Å². The topological polar surface area (TPSA) is 46.6 Å². The molecule has 1 unspecified atom stereocenters. The Bertz CT molecular complexity index is 320. The number of nitrogens with zero attached hydrogens (tertiary/aromatic N) is 1. The average Bonchev–Trinajstić information content (AvgIpc) is 2.57. The summed E-state index contributed by atoms with van der Waals surface area (Å²) in [4.78, 5) is 25.3. The number of rotatable bonds is 3. The van der Waals surface area contributed by atoms with Gasteiger partial charge in [0.05, 0.1) is 7.11 Å². The van der Waals surface area contributed by atoms with Gasteiger partial charge in [0, 0.05) is 18.2 Å². The molecule has 0 saturated carbocycles. The van der Waals surface area contributed by atoms with E-state index in [1.54, 1.807) is 4.90 Å². The van der Waals surface area contributed by atoms with E-state index in [0.717, 1.165) is 6.42 Å². The molecule has 0 spiro atoms. The van der Waals surface area contributed by atoms with Gasteiger partial charge in [0.15, 0.2) is 0 Å². The molecule has 1 amide bonds. The second-order valence-corrected chi connectivity index (χ2v) is 4.19. The number of hydrogen-bond acceptors (Lipinski definition) is 3. The Kier molecular flexibility index (Phi) is 4.10. The number of esters is 1. The SMILES string of the molecule is CC/C=C1/C(=O)N(C(C)C)CC1C(=O)OC. The van der Waals surface area contributed by atoms with Gasteiger partial charge in [-0.3, -0.25) is 9.59 Å². The van der Waals surface area contributed by atoms with Crippen LogP contribution in [-0.4, -0.2) is 36.5 Å². The zero-order chi connectivity index (χ0) is 12.3. The minimum atomic E-state index is -0.417. The summed E-state index contributed by atoms with van der Waals surface area (Å²) in [5, 5.41) is 0. The Morgan fingerprint density at radius 1 is 1.62 bits per heavy atom. The first-order chi connectivity index (χ1) is 7.52. The lowest BCUT2D eigenvalue weighted by Gasteiger charge is -2.19. The predicted octanol–water partition coefficient (Wildman–Crippen LogP) is 1.36. The van der Waals surface area contributed by atoms with E-state index in [2.05, 4.69) is 0 Å². The molecule has 0 bridgehead atoms. The van der Waals surface area contributed by atoms with E-state index in [4.69, 9.17) is 4.74 Å². The molecule has 0 radical (unpaired) electrons. The van der Waals surface area contributed by atoms with Crippen LogP contribution in [0.1, 0.15) is 27.2 Å². The molecular formula is C12H19NO3. The maximum atomic E-state index is 12.0. The first-order valence-corrected chi connectivity index (χ1v) is 5.61. The molecule has 0 aromatic heterocycles. The van der Waals surface area contributed by atoms with Crippen LogP contribution < -0.4 is 0 Å². The van der Waals surface area contributed by atoms with E-state index in [9.17, 15) is 9.59 Å². The zero-order valence-corrected chi connectivity index (χ0v) is 10.3. The van der Waals surface area contributed by atoms with Crippen molar-refractivity contribution in [1.29, 1.82) is 0 Å². The molecule has 0 aromatic carbocycles. The lowest BCUT2D eigenvalue weighted by molar-refractivity contribution is -0.143. The lowest BCUT2D eigenvalue weighted by atomic mass is 10.0. The number of carbonyl (C=O) groups is 2. The minimum absolute atomic E-state index is 0.0350. The Balaban J connectivity index is 2.98. The van der Waals surface area contributed by atoms with E-state index in [0.29, 0.717) is 12.1 Å². The van der Waals surface area contributed by atoms with Crippen LogP contribution in [0.3, 0.4) is 0 Å². The summed E-state index contributed by atoms with van der Waals surface area (Å²) >= 11 is 0. The van der Waals surface area contributed by atoms with Crippen molar-refractivity contribution in [2.75, 3.05) is 13.7 Å². The van der Waals surface area contributed by atoms with Crippen molar-refractivity contribution in [3.63, 3.8) is 0 Å². The third-order valence-corrected chi connectivity index (χ3v) is 2.80. The fraction of sp³-hybridized carbons (Fsp3) is 0.667. The molecule has 90 valence electrons. The number of ether oxygens (including phenoxy) is 1. The smallest absolute Gasteiger partial charge is 0.315 e. The average molecular weight is 225 g/mol. The largest absolute Gasteiger partial charge is 0.468 e. The lowest BCUT2D eigenvalue weighted by Crippen LogP contribution is -2.33. The summed E-state index contributed by atoms with van der Waals surface area (Å²) in [6, 6.07) is 0.113. The molecule has 1 rings (SSSR count). The fourth-order valence-corrected chi connectivity index (χ4v) is 1.93. The van der Waals surface area contributed by atoms with Gasteiger partial charge >= 0.3 is 5.97 Å². The highest BCUT2D eigenvalue weighted by Gasteiger charge is 2.40. The molecular weight excluding hydrogens is 206 g/mol. The quantitative estimate of drug-likeness (QED) is 0.538. The van der Waals surface area contributed by atoms with Crippen LogP contribution in [0.15, 0.2) is 11.6 Å². The molecule has 1 heterocycles. The highest BCUT2D eigenvalue weighted by Crippen LogP contribution is 2.27. The van der Waals surface area contributed by atoms with E-state index in [1.807, 2.05) is 26.8 Å². The van der Waals surface area contributed by atoms with Crippen molar-refractivity contribution in [2.45, 2.75) is 33.2 Å². The third-order valence-electron chi connectivity index (χ3n) is 2.80. The van der Waals surface area contributed by atoms with Gasteiger partial charge in [-0.15, -0.1) is 0 Å². The Morgan fingerprint density at radius 3 is 2.69 bits per heavy atom. The number of hydrogen-bond donors (Lipinski definition) is 0. The monoisotopic (exact) mass is 225 g/mol. The van der Waals surface area contributed by atoms with Gasteiger partial charge in [-0.25, -0.2) is 0 Å². The minimum Gasteiger partial charge on any atom is -0.468 e. The van der Waals surface area contributed by atoms with Crippen molar-refractivity contribution in [1.82, 2.24) is 4.90 Å². The number of amides is 1. The van der Waals surface area contributed by atoms with Crippen LogP contribution in [0, 0.1) is 5.92 Å². The van der Waals surface area contributed by atoms with Gasteiger partial charge in [0.1, 0.15) is 5.92 Å². The predicted molar refractivity (Wildman–Crippen MR) is 60.7 cm³/mol. The molecule has 4 heteroatoms. The van der Waals surface area contributed by atoms with Gasteiger partial charge in [-0.1, -0.05) is 13.0 Å². The van der Waals surface area contributed by atoms with Crippen LogP contribution in [0.4, 0.5) is 0 Å². The van der Waals surface area contributed by atoms with Crippen molar-refractivity contribution in [2.24, 2.45) is 5.92 Å². The fourth-order valence-electron chi connectivity index (χ4n) is 1.93. The Hall–Kier alpha value is -1.32. The molecule has 0 aliphatic carbocycles. The van der Waals surface area contributed by atoms with E-state index >= 15 is 0 Å². The molecule has 16 heavy (non-hydrogen) atoms. The molecule has 1 aliphatic heterocycles. The molecule has 0 aromatic rings. The maximum absolute atomic E-state index is 12.0. The highest BCUT2D eigenvalue weighted by molar-refractivity contribution is 6.02. The molecule has 4 nitrogen and oxygen atoms in total. The first kappa shape index (κ1) is 12.7. The van der Waals surface area contributed by atoms with E-state index in [1.165, 1.54) is 7.11 Å². The summed E-state index contributed by atoms with van der Waals surface area (Å²) in [7, 11) is 1.36. The summed E-state index contributed by atoms with van der Waals surface area (Å²) in [6.07, 6.45) is 2.58. The highest BCUT2D eigenvalue weighted by atomic mass is 16.5. The zero-order valence-electron chi connectivity index (χ0n) is 10.3. The van der Waals surface area contributed by atoms with Crippen molar-refractivity contribution >= 4 is 11.9 Å². The molecule has 0 N–H and O–H groups in total. The van der Waals surface area contributed by atoms with Crippen LogP contribution >= 0.6 is 0 Å². The third kappa shape index (κ3) is 2.26. The molecule has 1 aliphatic rings. The number of carbonyl (C=O) groups excluding carboxylic acids is 2. The van der Waals surface area contributed by atoms with Crippen LogP contribution in [-0.2, 0) is 14.3 Å². The summed E-state index contributed by atoms with van der Waals surface area (Å²) < 4.78 is 4.73. The second kappa shape index (κ2) is 5.14. The normalized spacial score (nSPS) is 23.3.